The van der Waals surface area contributed by atoms with E-state index < -0.39 is 0 Å². The van der Waals surface area contributed by atoms with Gasteiger partial charge in [0.05, 0.1) is 0 Å². The Kier molecular flexibility index (Phi) is 3.69. The second-order valence-electron chi connectivity index (χ2n) is 3.97. The van der Waals surface area contributed by atoms with Crippen LogP contribution in [0.25, 0.3) is 0 Å². The summed E-state index contributed by atoms with van der Waals surface area (Å²) in [6.45, 7) is 0.759. The molecule has 0 aliphatic heterocycles. The third-order valence-electron chi connectivity index (χ3n) is 2.41. The lowest BCUT2D eigenvalue weighted by Crippen LogP contribution is -2.25. The summed E-state index contributed by atoms with van der Waals surface area (Å²) < 4.78 is 0. The van der Waals surface area contributed by atoms with E-state index in [0.29, 0.717) is 12.5 Å². The Morgan fingerprint density at radius 2 is 2.38 bits per heavy atom. The van der Waals surface area contributed by atoms with Crippen LogP contribution >= 0.6 is 0 Å². The van der Waals surface area contributed by atoms with Crippen molar-refractivity contribution in [2.24, 2.45) is 0 Å². The number of anilines is 1. The van der Waals surface area contributed by atoms with Gasteiger partial charge >= 0.3 is 0 Å². The van der Waals surface area contributed by atoms with Crippen LogP contribution in [0.1, 0.15) is 25.7 Å². The maximum absolute atomic E-state index is 11.3. The van der Waals surface area contributed by atoms with E-state index in [0.717, 1.165) is 31.6 Å². The maximum atomic E-state index is 11.3. The quantitative estimate of drug-likeness (QED) is 0.700. The topological polar surface area (TPSA) is 66.9 Å². The molecule has 1 aromatic heterocycles. The molecular formula is C11H16N4O. The molecule has 1 aliphatic rings. The number of amides is 1. The van der Waals surface area contributed by atoms with Gasteiger partial charge in [-0.15, -0.1) is 0 Å². The lowest BCUT2D eigenvalue weighted by molar-refractivity contribution is -0.121. The molecule has 2 N–H and O–H groups in total. The zero-order chi connectivity index (χ0) is 11.2. The van der Waals surface area contributed by atoms with Crippen molar-refractivity contribution in [1.82, 2.24) is 15.3 Å². The van der Waals surface area contributed by atoms with E-state index in [4.69, 9.17) is 0 Å². The van der Waals surface area contributed by atoms with Gasteiger partial charge in [0.25, 0.3) is 0 Å². The van der Waals surface area contributed by atoms with Gasteiger partial charge in [-0.2, -0.15) is 0 Å². The summed E-state index contributed by atoms with van der Waals surface area (Å²) in [6.07, 6.45) is 6.88. The van der Waals surface area contributed by atoms with Crippen molar-refractivity contribution in [3.63, 3.8) is 0 Å². The smallest absolute Gasteiger partial charge is 0.220 e. The van der Waals surface area contributed by atoms with Crippen molar-refractivity contribution in [2.75, 3.05) is 11.9 Å². The Morgan fingerprint density at radius 1 is 1.50 bits per heavy atom. The molecule has 0 radical (unpaired) electrons. The predicted molar refractivity (Wildman–Crippen MR) is 60.9 cm³/mol. The van der Waals surface area contributed by atoms with Crippen molar-refractivity contribution in [3.05, 3.63) is 18.6 Å². The molecule has 5 nitrogen and oxygen atoms in total. The van der Waals surface area contributed by atoms with Gasteiger partial charge in [-0.25, -0.2) is 9.97 Å². The van der Waals surface area contributed by atoms with Gasteiger partial charge in [0.15, 0.2) is 0 Å². The first-order valence-corrected chi connectivity index (χ1v) is 5.64. The van der Waals surface area contributed by atoms with Crippen LogP contribution in [0.4, 0.5) is 5.82 Å². The summed E-state index contributed by atoms with van der Waals surface area (Å²) in [4.78, 5) is 19.2. The van der Waals surface area contributed by atoms with E-state index in [1.54, 1.807) is 6.20 Å². The lowest BCUT2D eigenvalue weighted by Gasteiger charge is -2.05. The number of aromatic nitrogens is 2. The highest BCUT2D eigenvalue weighted by atomic mass is 16.1. The van der Waals surface area contributed by atoms with Crippen LogP contribution in [0.3, 0.4) is 0 Å². The minimum atomic E-state index is 0.159. The molecule has 1 saturated carbocycles. The average molecular weight is 220 g/mol. The summed E-state index contributed by atoms with van der Waals surface area (Å²) in [6, 6.07) is 2.27. The molecule has 0 aromatic carbocycles. The summed E-state index contributed by atoms with van der Waals surface area (Å²) in [7, 11) is 0. The van der Waals surface area contributed by atoms with E-state index in [9.17, 15) is 4.79 Å². The van der Waals surface area contributed by atoms with E-state index in [1.807, 2.05) is 6.07 Å². The third kappa shape index (κ3) is 3.84. The van der Waals surface area contributed by atoms with Crippen molar-refractivity contribution in [2.45, 2.75) is 31.7 Å². The molecule has 0 saturated heterocycles. The highest BCUT2D eigenvalue weighted by Crippen LogP contribution is 2.18. The number of carbonyl (C=O) groups is 1. The molecule has 1 aliphatic carbocycles. The van der Waals surface area contributed by atoms with Crippen molar-refractivity contribution < 1.29 is 4.79 Å². The number of nitrogens with one attached hydrogen (secondary N) is 2. The minimum absolute atomic E-state index is 0.159. The van der Waals surface area contributed by atoms with Crippen LogP contribution in [0.2, 0.25) is 0 Å². The predicted octanol–water partition coefficient (Wildman–Crippen LogP) is 0.947. The normalized spacial score (nSPS) is 14.5. The van der Waals surface area contributed by atoms with Gasteiger partial charge in [-0.1, -0.05) is 0 Å². The molecule has 0 spiro atoms. The van der Waals surface area contributed by atoms with Gasteiger partial charge in [0.1, 0.15) is 12.1 Å². The number of hydrogen-bond donors (Lipinski definition) is 2. The molecule has 1 aromatic rings. The van der Waals surface area contributed by atoms with Crippen LogP contribution in [-0.4, -0.2) is 28.5 Å². The Labute approximate surface area is 94.7 Å². The Hall–Kier alpha value is -1.65. The molecule has 1 amide bonds. The van der Waals surface area contributed by atoms with Crippen LogP contribution in [0.15, 0.2) is 18.6 Å². The summed E-state index contributed by atoms with van der Waals surface area (Å²) in [5.41, 5.74) is 0. The summed E-state index contributed by atoms with van der Waals surface area (Å²) in [5, 5.41) is 6.10. The molecule has 1 fully saturated rings. The highest BCUT2D eigenvalue weighted by molar-refractivity contribution is 5.76. The van der Waals surface area contributed by atoms with Crippen LogP contribution in [0.5, 0.6) is 0 Å². The summed E-state index contributed by atoms with van der Waals surface area (Å²) >= 11 is 0. The summed E-state index contributed by atoms with van der Waals surface area (Å²) in [5.74, 6) is 0.963. The molecule has 0 atom stereocenters. The Balaban J connectivity index is 1.56. The van der Waals surface area contributed by atoms with Crippen LogP contribution in [0, 0.1) is 0 Å². The molecule has 0 bridgehead atoms. The van der Waals surface area contributed by atoms with Crippen LogP contribution in [-0.2, 0) is 4.79 Å². The van der Waals surface area contributed by atoms with Crippen LogP contribution < -0.4 is 10.6 Å². The molecule has 0 unspecified atom stereocenters. The van der Waals surface area contributed by atoms with E-state index in [1.165, 1.54) is 6.33 Å². The fraction of sp³-hybridized carbons (Fsp3) is 0.545. The van der Waals surface area contributed by atoms with Gasteiger partial charge < -0.3 is 10.6 Å². The zero-order valence-corrected chi connectivity index (χ0v) is 9.15. The largest absolute Gasteiger partial charge is 0.370 e. The standard InChI is InChI=1S/C11H16N4O/c16-11(15-9-3-4-9)2-1-6-13-10-5-7-12-8-14-10/h5,7-9H,1-4,6H2,(H,15,16)(H,12,13,14). The number of hydrogen-bond acceptors (Lipinski definition) is 4. The lowest BCUT2D eigenvalue weighted by atomic mass is 10.3. The molecule has 86 valence electrons. The second-order valence-corrected chi connectivity index (χ2v) is 3.97. The number of nitrogens with zero attached hydrogens (tertiary/aromatic N) is 2. The first kappa shape index (κ1) is 10.9. The van der Waals surface area contributed by atoms with Gasteiger partial charge in [0.2, 0.25) is 5.91 Å². The van der Waals surface area contributed by atoms with E-state index in [2.05, 4.69) is 20.6 Å². The fourth-order valence-electron chi connectivity index (χ4n) is 1.39. The molecule has 16 heavy (non-hydrogen) atoms. The minimum Gasteiger partial charge on any atom is -0.370 e. The number of carbonyl (C=O) groups excluding carboxylic acids is 1. The van der Waals surface area contributed by atoms with Gasteiger partial charge in [-0.3, -0.25) is 4.79 Å². The maximum Gasteiger partial charge on any atom is 0.220 e. The monoisotopic (exact) mass is 220 g/mol. The fourth-order valence-corrected chi connectivity index (χ4v) is 1.39. The number of rotatable bonds is 6. The van der Waals surface area contributed by atoms with Gasteiger partial charge in [-0.05, 0) is 25.3 Å². The van der Waals surface area contributed by atoms with Gasteiger partial charge in [0, 0.05) is 25.2 Å². The molecule has 5 heteroatoms. The second kappa shape index (κ2) is 5.44. The Bertz CT molecular complexity index is 337. The Morgan fingerprint density at radius 3 is 3.06 bits per heavy atom. The van der Waals surface area contributed by atoms with E-state index in [-0.39, 0.29) is 5.91 Å². The molecular weight excluding hydrogens is 204 g/mol. The molecule has 1 heterocycles. The average Bonchev–Trinajstić information content (AvgIpc) is 3.10. The van der Waals surface area contributed by atoms with E-state index >= 15 is 0 Å². The third-order valence-corrected chi connectivity index (χ3v) is 2.41. The SMILES string of the molecule is O=C(CCCNc1ccncn1)NC1CC1. The van der Waals surface area contributed by atoms with Crippen molar-refractivity contribution in [3.8, 4) is 0 Å². The van der Waals surface area contributed by atoms with Crippen molar-refractivity contribution >= 4 is 11.7 Å². The first-order valence-electron chi connectivity index (χ1n) is 5.64. The first-order chi connectivity index (χ1) is 7.84. The highest BCUT2D eigenvalue weighted by Gasteiger charge is 2.22. The molecule has 2 rings (SSSR count). The zero-order valence-electron chi connectivity index (χ0n) is 9.15. The van der Waals surface area contributed by atoms with Crippen molar-refractivity contribution in [1.29, 1.82) is 0 Å².